The minimum absolute atomic E-state index is 0.00958. The van der Waals surface area contributed by atoms with Gasteiger partial charge in [-0.2, -0.15) is 0 Å². The van der Waals surface area contributed by atoms with Crippen LogP contribution in [0.15, 0.2) is 18.9 Å². The summed E-state index contributed by atoms with van der Waals surface area (Å²) in [5, 5.41) is 23.5. The SMILES string of the molecule is C=C[C@]1(CO)O[C@@H](c2cnc3c(C)nc(N)nn23)[C@H](F)[C@@H]1O. The van der Waals surface area contributed by atoms with Gasteiger partial charge in [-0.25, -0.2) is 18.9 Å². The molecule has 2 aromatic rings. The molecular formula is C13H16FN5O3. The molecule has 3 rings (SSSR count). The van der Waals surface area contributed by atoms with Gasteiger partial charge in [0.1, 0.15) is 17.8 Å². The van der Waals surface area contributed by atoms with E-state index < -0.39 is 30.6 Å². The number of anilines is 1. The Morgan fingerprint density at radius 2 is 2.36 bits per heavy atom. The summed E-state index contributed by atoms with van der Waals surface area (Å²) in [6.07, 6.45) is -1.91. The number of halogens is 1. The lowest BCUT2D eigenvalue weighted by atomic mass is 9.96. The van der Waals surface area contributed by atoms with Gasteiger partial charge in [0.15, 0.2) is 11.8 Å². The highest BCUT2D eigenvalue weighted by Crippen LogP contribution is 2.42. The van der Waals surface area contributed by atoms with Crippen LogP contribution in [0.3, 0.4) is 0 Å². The van der Waals surface area contributed by atoms with Crippen LogP contribution < -0.4 is 5.73 Å². The molecule has 1 fully saturated rings. The number of ether oxygens (including phenoxy) is 1. The van der Waals surface area contributed by atoms with Gasteiger partial charge in [-0.3, -0.25) is 0 Å². The number of hydrogen-bond donors (Lipinski definition) is 3. The van der Waals surface area contributed by atoms with Gasteiger partial charge in [-0.15, -0.1) is 11.7 Å². The summed E-state index contributed by atoms with van der Waals surface area (Å²) in [7, 11) is 0. The fourth-order valence-corrected chi connectivity index (χ4v) is 2.65. The van der Waals surface area contributed by atoms with E-state index in [0.29, 0.717) is 11.3 Å². The van der Waals surface area contributed by atoms with Crippen molar-refractivity contribution in [2.45, 2.75) is 30.9 Å². The maximum absolute atomic E-state index is 14.5. The Kier molecular flexibility index (Phi) is 3.35. The summed E-state index contributed by atoms with van der Waals surface area (Å²) in [5.74, 6) is 0.00958. The first-order valence-corrected chi connectivity index (χ1v) is 6.65. The molecule has 0 amide bonds. The second kappa shape index (κ2) is 4.97. The van der Waals surface area contributed by atoms with E-state index in [4.69, 9.17) is 10.5 Å². The van der Waals surface area contributed by atoms with Crippen molar-refractivity contribution in [3.8, 4) is 0 Å². The lowest BCUT2D eigenvalue weighted by Crippen LogP contribution is -2.43. The first-order chi connectivity index (χ1) is 10.4. The van der Waals surface area contributed by atoms with E-state index in [-0.39, 0.29) is 11.6 Å². The molecule has 4 N–H and O–H groups in total. The van der Waals surface area contributed by atoms with Crippen molar-refractivity contribution < 1.29 is 19.3 Å². The van der Waals surface area contributed by atoms with Crippen LogP contribution in [-0.4, -0.2) is 54.3 Å². The topological polar surface area (TPSA) is 119 Å². The molecule has 0 bridgehead atoms. The molecule has 0 saturated carbocycles. The Balaban J connectivity index is 2.11. The molecule has 22 heavy (non-hydrogen) atoms. The number of nitrogens with zero attached hydrogens (tertiary/aromatic N) is 4. The molecule has 0 aliphatic carbocycles. The van der Waals surface area contributed by atoms with Crippen LogP contribution in [0.4, 0.5) is 10.3 Å². The van der Waals surface area contributed by atoms with Gasteiger partial charge in [0.05, 0.1) is 24.2 Å². The quantitative estimate of drug-likeness (QED) is 0.666. The number of hydrogen-bond acceptors (Lipinski definition) is 7. The van der Waals surface area contributed by atoms with Crippen LogP contribution in [0.25, 0.3) is 5.65 Å². The third kappa shape index (κ3) is 1.90. The molecule has 9 heteroatoms. The molecule has 8 nitrogen and oxygen atoms in total. The normalized spacial score (nSPS) is 31.7. The lowest BCUT2D eigenvalue weighted by Gasteiger charge is -2.25. The molecule has 118 valence electrons. The van der Waals surface area contributed by atoms with Crippen LogP contribution in [0.2, 0.25) is 0 Å². The third-order valence-electron chi connectivity index (χ3n) is 3.89. The van der Waals surface area contributed by atoms with Crippen LogP contribution in [-0.2, 0) is 4.74 Å². The minimum Gasteiger partial charge on any atom is -0.393 e. The molecule has 4 atom stereocenters. The lowest BCUT2D eigenvalue weighted by molar-refractivity contribution is -0.0798. The van der Waals surface area contributed by atoms with Gasteiger partial charge in [-0.1, -0.05) is 6.08 Å². The Labute approximate surface area is 125 Å². The van der Waals surface area contributed by atoms with Crippen LogP contribution in [0, 0.1) is 6.92 Å². The molecule has 2 aromatic heterocycles. The fourth-order valence-electron chi connectivity index (χ4n) is 2.65. The van der Waals surface area contributed by atoms with Crippen molar-refractivity contribution in [3.63, 3.8) is 0 Å². The number of aliphatic hydroxyl groups excluding tert-OH is 2. The summed E-state index contributed by atoms with van der Waals surface area (Å²) in [4.78, 5) is 8.11. The Morgan fingerprint density at radius 1 is 1.64 bits per heavy atom. The first kappa shape index (κ1) is 14.8. The summed E-state index contributed by atoms with van der Waals surface area (Å²) >= 11 is 0. The monoisotopic (exact) mass is 309 g/mol. The third-order valence-corrected chi connectivity index (χ3v) is 3.89. The van der Waals surface area contributed by atoms with E-state index in [0.717, 1.165) is 0 Å². The van der Waals surface area contributed by atoms with E-state index >= 15 is 0 Å². The van der Waals surface area contributed by atoms with Crippen LogP contribution >= 0.6 is 0 Å². The molecule has 1 saturated heterocycles. The van der Waals surface area contributed by atoms with E-state index in [1.807, 2.05) is 0 Å². The van der Waals surface area contributed by atoms with Crippen LogP contribution in [0.5, 0.6) is 0 Å². The second-order valence-corrected chi connectivity index (χ2v) is 5.22. The van der Waals surface area contributed by atoms with Crippen molar-refractivity contribution in [1.29, 1.82) is 0 Å². The number of aromatic nitrogens is 4. The zero-order valence-electron chi connectivity index (χ0n) is 11.8. The number of rotatable bonds is 3. The van der Waals surface area contributed by atoms with Crippen molar-refractivity contribution in [1.82, 2.24) is 19.6 Å². The zero-order chi connectivity index (χ0) is 16.1. The van der Waals surface area contributed by atoms with E-state index in [1.165, 1.54) is 16.8 Å². The predicted molar refractivity (Wildman–Crippen MR) is 74.7 cm³/mol. The first-order valence-electron chi connectivity index (χ1n) is 6.65. The second-order valence-electron chi connectivity index (χ2n) is 5.22. The maximum atomic E-state index is 14.5. The Morgan fingerprint density at radius 3 is 2.95 bits per heavy atom. The van der Waals surface area contributed by atoms with E-state index in [2.05, 4.69) is 21.6 Å². The standard InChI is InChI=1S/C13H16FN5O3/c1-3-13(5-20)10(21)8(14)9(22-13)7-4-16-11-6(2)17-12(15)18-19(7)11/h3-4,8-10,20-21H,1,5H2,2H3,(H2,15,18)/t8-,9-,10-,13+/m0/s1. The van der Waals surface area contributed by atoms with Gasteiger partial charge in [0.2, 0.25) is 5.95 Å². The average Bonchev–Trinajstić information content (AvgIpc) is 3.01. The van der Waals surface area contributed by atoms with E-state index in [9.17, 15) is 14.6 Å². The van der Waals surface area contributed by atoms with Crippen LogP contribution in [0.1, 0.15) is 17.5 Å². The van der Waals surface area contributed by atoms with Crippen molar-refractivity contribution in [2.75, 3.05) is 12.3 Å². The van der Waals surface area contributed by atoms with Crippen molar-refractivity contribution in [2.24, 2.45) is 0 Å². The molecule has 0 spiro atoms. The highest BCUT2D eigenvalue weighted by molar-refractivity contribution is 5.46. The number of nitrogen functional groups attached to an aromatic ring is 1. The Hall–Kier alpha value is -2.10. The smallest absolute Gasteiger partial charge is 0.238 e. The number of nitrogens with two attached hydrogens (primary N) is 1. The zero-order valence-corrected chi connectivity index (χ0v) is 11.8. The molecular weight excluding hydrogens is 293 g/mol. The highest BCUT2D eigenvalue weighted by atomic mass is 19.1. The summed E-state index contributed by atoms with van der Waals surface area (Å²) in [6.45, 7) is 4.60. The molecule has 0 radical (unpaired) electrons. The maximum Gasteiger partial charge on any atom is 0.238 e. The minimum atomic E-state index is -1.78. The van der Waals surface area contributed by atoms with Gasteiger partial charge in [0.25, 0.3) is 0 Å². The number of fused-ring (bicyclic) bond motifs is 1. The highest BCUT2D eigenvalue weighted by Gasteiger charge is 2.54. The summed E-state index contributed by atoms with van der Waals surface area (Å²) in [5.41, 5.74) is 5.26. The largest absolute Gasteiger partial charge is 0.393 e. The van der Waals surface area contributed by atoms with Gasteiger partial charge in [-0.05, 0) is 6.92 Å². The Bertz CT molecular complexity index is 736. The predicted octanol–water partition coefficient (Wildman–Crippen LogP) is -0.298. The molecule has 3 heterocycles. The summed E-state index contributed by atoms with van der Waals surface area (Å²) < 4.78 is 21.4. The molecule has 1 aliphatic rings. The number of alkyl halides is 1. The molecule has 1 aliphatic heterocycles. The summed E-state index contributed by atoms with van der Waals surface area (Å²) in [6, 6.07) is 0. The molecule has 0 aromatic carbocycles. The van der Waals surface area contributed by atoms with Crippen molar-refractivity contribution in [3.05, 3.63) is 30.2 Å². The van der Waals surface area contributed by atoms with Gasteiger partial charge < -0.3 is 20.7 Å². The fraction of sp³-hybridized carbons (Fsp3) is 0.462. The van der Waals surface area contributed by atoms with Crippen molar-refractivity contribution >= 4 is 11.6 Å². The number of aliphatic hydroxyl groups is 2. The van der Waals surface area contributed by atoms with Gasteiger partial charge in [0, 0.05) is 0 Å². The van der Waals surface area contributed by atoms with Gasteiger partial charge >= 0.3 is 0 Å². The average molecular weight is 309 g/mol. The number of aryl methyl sites for hydroxylation is 1. The number of imidazole rings is 1. The molecule has 0 unspecified atom stereocenters. The van der Waals surface area contributed by atoms with E-state index in [1.54, 1.807) is 6.92 Å².